The van der Waals surface area contributed by atoms with Crippen molar-refractivity contribution in [3.8, 4) is 0 Å². The molecular formula is C16H23ClN2OS. The van der Waals surface area contributed by atoms with Crippen LogP contribution in [0.5, 0.6) is 0 Å². The SMILES string of the molecule is CC1CCCC(NC(=O)CSc2ccc(N)c(Cl)c2)C1C. The second-order valence-electron chi connectivity index (χ2n) is 5.91. The highest BCUT2D eigenvalue weighted by Gasteiger charge is 2.27. The van der Waals surface area contributed by atoms with Crippen LogP contribution < -0.4 is 11.1 Å². The minimum absolute atomic E-state index is 0.0962. The molecule has 0 aromatic heterocycles. The summed E-state index contributed by atoms with van der Waals surface area (Å²) in [6, 6.07) is 5.79. The Morgan fingerprint density at radius 2 is 2.19 bits per heavy atom. The van der Waals surface area contributed by atoms with Crippen LogP contribution in [0, 0.1) is 11.8 Å². The number of carbonyl (C=O) groups is 1. The first kappa shape index (κ1) is 16.5. The van der Waals surface area contributed by atoms with E-state index in [4.69, 9.17) is 17.3 Å². The lowest BCUT2D eigenvalue weighted by atomic mass is 9.78. The van der Waals surface area contributed by atoms with Crippen molar-refractivity contribution in [3.63, 3.8) is 0 Å². The van der Waals surface area contributed by atoms with Gasteiger partial charge in [0.2, 0.25) is 5.91 Å². The van der Waals surface area contributed by atoms with Gasteiger partial charge in [-0.25, -0.2) is 0 Å². The Balaban J connectivity index is 1.83. The maximum Gasteiger partial charge on any atom is 0.230 e. The number of hydrogen-bond acceptors (Lipinski definition) is 3. The highest BCUT2D eigenvalue weighted by molar-refractivity contribution is 8.00. The van der Waals surface area contributed by atoms with Gasteiger partial charge in [0.05, 0.1) is 16.5 Å². The molecule has 3 atom stereocenters. The summed E-state index contributed by atoms with van der Waals surface area (Å²) in [5, 5.41) is 3.71. The monoisotopic (exact) mass is 326 g/mol. The van der Waals surface area contributed by atoms with Crippen molar-refractivity contribution in [2.75, 3.05) is 11.5 Å². The molecular weight excluding hydrogens is 304 g/mol. The fourth-order valence-electron chi connectivity index (χ4n) is 2.78. The Morgan fingerprint density at radius 1 is 1.43 bits per heavy atom. The van der Waals surface area contributed by atoms with Crippen LogP contribution in [0.15, 0.2) is 23.1 Å². The zero-order valence-electron chi connectivity index (χ0n) is 12.6. The number of nitrogen functional groups attached to an aromatic ring is 1. The molecule has 1 saturated carbocycles. The van der Waals surface area contributed by atoms with Crippen LogP contribution in [0.2, 0.25) is 5.02 Å². The number of carbonyl (C=O) groups excluding carboxylic acids is 1. The molecule has 0 spiro atoms. The maximum absolute atomic E-state index is 12.1. The van der Waals surface area contributed by atoms with Crippen LogP contribution in [0.25, 0.3) is 0 Å². The summed E-state index contributed by atoms with van der Waals surface area (Å²) in [7, 11) is 0. The third-order valence-electron chi connectivity index (χ3n) is 4.40. The van der Waals surface area contributed by atoms with Crippen LogP contribution >= 0.6 is 23.4 Å². The first-order valence-electron chi connectivity index (χ1n) is 7.44. The molecule has 1 aliphatic rings. The largest absolute Gasteiger partial charge is 0.398 e. The topological polar surface area (TPSA) is 55.1 Å². The van der Waals surface area contributed by atoms with Gasteiger partial charge in [0, 0.05) is 10.9 Å². The van der Waals surface area contributed by atoms with Gasteiger partial charge < -0.3 is 11.1 Å². The Hall–Kier alpha value is -0.870. The number of nitrogens with two attached hydrogens (primary N) is 1. The number of benzene rings is 1. The molecule has 3 N–H and O–H groups in total. The van der Waals surface area contributed by atoms with E-state index in [1.807, 2.05) is 6.07 Å². The van der Waals surface area contributed by atoms with Crippen molar-refractivity contribution < 1.29 is 4.79 Å². The molecule has 0 heterocycles. The van der Waals surface area contributed by atoms with E-state index in [2.05, 4.69) is 19.2 Å². The summed E-state index contributed by atoms with van der Waals surface area (Å²) >= 11 is 7.47. The minimum atomic E-state index is 0.0962. The lowest BCUT2D eigenvalue weighted by Crippen LogP contribution is -2.44. The summed E-state index contributed by atoms with van der Waals surface area (Å²) < 4.78 is 0. The van der Waals surface area contributed by atoms with Crippen molar-refractivity contribution in [1.82, 2.24) is 5.32 Å². The van der Waals surface area contributed by atoms with E-state index in [-0.39, 0.29) is 5.91 Å². The van der Waals surface area contributed by atoms with Gasteiger partial charge in [0.1, 0.15) is 0 Å². The average molecular weight is 327 g/mol. The second kappa shape index (κ2) is 7.41. The summed E-state index contributed by atoms with van der Waals surface area (Å²) in [6.45, 7) is 4.51. The van der Waals surface area contributed by atoms with Gasteiger partial charge in [0.15, 0.2) is 0 Å². The molecule has 1 fully saturated rings. The molecule has 1 aromatic carbocycles. The Labute approximate surface area is 136 Å². The van der Waals surface area contributed by atoms with Crippen LogP contribution in [0.4, 0.5) is 5.69 Å². The van der Waals surface area contributed by atoms with Gasteiger partial charge in [-0.2, -0.15) is 0 Å². The van der Waals surface area contributed by atoms with Gasteiger partial charge in [-0.05, 0) is 36.5 Å². The number of amides is 1. The molecule has 1 aliphatic carbocycles. The van der Waals surface area contributed by atoms with Crippen LogP contribution in [-0.4, -0.2) is 17.7 Å². The second-order valence-corrected chi connectivity index (χ2v) is 7.37. The van der Waals surface area contributed by atoms with E-state index in [1.165, 1.54) is 24.6 Å². The molecule has 3 nitrogen and oxygen atoms in total. The molecule has 0 radical (unpaired) electrons. The third kappa shape index (κ3) is 4.55. The normalized spacial score (nSPS) is 25.6. The third-order valence-corrected chi connectivity index (χ3v) is 5.72. The summed E-state index contributed by atoms with van der Waals surface area (Å²) in [6.07, 6.45) is 3.57. The van der Waals surface area contributed by atoms with Crippen LogP contribution in [0.3, 0.4) is 0 Å². The van der Waals surface area contributed by atoms with Crippen molar-refractivity contribution >= 4 is 35.0 Å². The smallest absolute Gasteiger partial charge is 0.230 e. The van der Waals surface area contributed by atoms with Gasteiger partial charge in [-0.15, -0.1) is 11.8 Å². The fraction of sp³-hybridized carbons (Fsp3) is 0.562. The molecule has 1 aromatic rings. The fourth-order valence-corrected chi connectivity index (χ4v) is 3.77. The Bertz CT molecular complexity index is 509. The zero-order chi connectivity index (χ0) is 15.4. The van der Waals surface area contributed by atoms with E-state index < -0.39 is 0 Å². The van der Waals surface area contributed by atoms with Crippen molar-refractivity contribution in [2.45, 2.75) is 44.0 Å². The molecule has 0 saturated heterocycles. The average Bonchev–Trinajstić information content (AvgIpc) is 2.45. The summed E-state index contributed by atoms with van der Waals surface area (Å²) in [5.74, 6) is 1.75. The minimum Gasteiger partial charge on any atom is -0.398 e. The molecule has 0 bridgehead atoms. The standard InChI is InChI=1S/C16H23ClN2OS/c1-10-4-3-5-15(11(10)2)19-16(20)9-21-12-6-7-14(18)13(17)8-12/h6-8,10-11,15H,3-5,9,18H2,1-2H3,(H,19,20). The molecule has 3 unspecified atom stereocenters. The van der Waals surface area contributed by atoms with E-state index >= 15 is 0 Å². The number of nitrogens with one attached hydrogen (secondary N) is 1. The van der Waals surface area contributed by atoms with Gasteiger partial charge in [-0.1, -0.05) is 38.3 Å². The maximum atomic E-state index is 12.1. The molecule has 0 aliphatic heterocycles. The Kier molecular flexibility index (Phi) is 5.82. The van der Waals surface area contributed by atoms with Crippen molar-refractivity contribution in [1.29, 1.82) is 0 Å². The summed E-state index contributed by atoms with van der Waals surface area (Å²) in [4.78, 5) is 13.1. The van der Waals surface area contributed by atoms with E-state index in [9.17, 15) is 4.79 Å². The van der Waals surface area contributed by atoms with Gasteiger partial charge in [0.25, 0.3) is 0 Å². The quantitative estimate of drug-likeness (QED) is 0.650. The molecule has 1 amide bonds. The van der Waals surface area contributed by atoms with Gasteiger partial charge >= 0.3 is 0 Å². The number of hydrogen-bond donors (Lipinski definition) is 2. The first-order chi connectivity index (χ1) is 9.97. The lowest BCUT2D eigenvalue weighted by Gasteiger charge is -2.34. The lowest BCUT2D eigenvalue weighted by molar-refractivity contribution is -0.119. The van der Waals surface area contributed by atoms with E-state index in [0.717, 1.165) is 11.3 Å². The van der Waals surface area contributed by atoms with Crippen molar-refractivity contribution in [2.24, 2.45) is 11.8 Å². The van der Waals surface area contributed by atoms with Crippen LogP contribution in [0.1, 0.15) is 33.1 Å². The predicted octanol–water partition coefficient (Wildman–Crippen LogP) is 3.96. The first-order valence-corrected chi connectivity index (χ1v) is 8.81. The molecule has 2 rings (SSSR count). The van der Waals surface area contributed by atoms with E-state index in [0.29, 0.717) is 34.3 Å². The highest BCUT2D eigenvalue weighted by Crippen LogP contribution is 2.30. The van der Waals surface area contributed by atoms with Crippen molar-refractivity contribution in [3.05, 3.63) is 23.2 Å². The molecule has 116 valence electrons. The number of halogens is 1. The highest BCUT2D eigenvalue weighted by atomic mass is 35.5. The molecule has 21 heavy (non-hydrogen) atoms. The van der Waals surface area contributed by atoms with Crippen LogP contribution in [-0.2, 0) is 4.79 Å². The Morgan fingerprint density at radius 3 is 2.90 bits per heavy atom. The van der Waals surface area contributed by atoms with Gasteiger partial charge in [-0.3, -0.25) is 4.79 Å². The summed E-state index contributed by atoms with van der Waals surface area (Å²) in [5.41, 5.74) is 6.24. The zero-order valence-corrected chi connectivity index (χ0v) is 14.1. The molecule has 5 heteroatoms. The van der Waals surface area contributed by atoms with E-state index in [1.54, 1.807) is 12.1 Å². The predicted molar refractivity (Wildman–Crippen MR) is 90.7 cm³/mol. The number of thioether (sulfide) groups is 1. The number of rotatable bonds is 4. The number of anilines is 1.